The number of hydrogen-bond donors (Lipinski definition) is 1. The first-order valence-electron chi connectivity index (χ1n) is 7.82. The van der Waals surface area contributed by atoms with Crippen LogP contribution >= 0.6 is 11.6 Å². The Morgan fingerprint density at radius 3 is 2.54 bits per heavy atom. The highest BCUT2D eigenvalue weighted by Gasteiger charge is 2.18. The molecule has 24 heavy (non-hydrogen) atoms. The van der Waals surface area contributed by atoms with Gasteiger partial charge in [0.1, 0.15) is 19.0 Å². The second-order valence-electron chi connectivity index (χ2n) is 5.82. The molecule has 0 saturated carbocycles. The van der Waals surface area contributed by atoms with E-state index in [1.165, 1.54) is 0 Å². The summed E-state index contributed by atoms with van der Waals surface area (Å²) in [5.74, 6) is 2.27. The maximum atomic E-state index is 10.6. The lowest BCUT2D eigenvalue weighted by Crippen LogP contribution is -2.15. The lowest BCUT2D eigenvalue weighted by Gasteiger charge is -2.19. The molecule has 1 aromatic heterocycles. The molecule has 0 aliphatic carbocycles. The maximum absolute atomic E-state index is 10.6. The molecule has 6 heteroatoms. The summed E-state index contributed by atoms with van der Waals surface area (Å²) < 4.78 is 13.3. The lowest BCUT2D eigenvalue weighted by atomic mass is 10.1. The van der Waals surface area contributed by atoms with Gasteiger partial charge < -0.3 is 19.1 Å². The van der Waals surface area contributed by atoms with Crippen molar-refractivity contribution in [1.82, 2.24) is 9.55 Å². The molecular formula is C18H17ClN2O3. The van der Waals surface area contributed by atoms with Crippen molar-refractivity contribution in [3.63, 3.8) is 0 Å². The van der Waals surface area contributed by atoms with E-state index in [2.05, 4.69) is 4.98 Å². The summed E-state index contributed by atoms with van der Waals surface area (Å²) in [6.45, 7) is 3.42. The Kier molecular flexibility index (Phi) is 3.82. The smallest absolute Gasteiger partial charge is 0.163 e. The van der Waals surface area contributed by atoms with Crippen molar-refractivity contribution in [2.45, 2.75) is 19.6 Å². The van der Waals surface area contributed by atoms with Gasteiger partial charge in [0, 0.05) is 17.2 Å². The quantitative estimate of drug-likeness (QED) is 0.790. The first-order chi connectivity index (χ1) is 11.6. The number of fused-ring (bicyclic) bond motifs is 2. The molecule has 1 atom stereocenters. The van der Waals surface area contributed by atoms with Crippen LogP contribution in [0.1, 0.15) is 17.5 Å². The number of aromatic nitrogens is 2. The first kappa shape index (κ1) is 15.3. The molecule has 0 bridgehead atoms. The summed E-state index contributed by atoms with van der Waals surface area (Å²) in [5, 5.41) is 11.2. The van der Waals surface area contributed by atoms with Crippen LogP contribution in [0.5, 0.6) is 11.5 Å². The summed E-state index contributed by atoms with van der Waals surface area (Å²) >= 11 is 5.91. The minimum Gasteiger partial charge on any atom is -0.486 e. The van der Waals surface area contributed by atoms with Crippen molar-refractivity contribution in [2.24, 2.45) is 0 Å². The van der Waals surface area contributed by atoms with Crippen LogP contribution in [0, 0.1) is 6.92 Å². The third kappa shape index (κ3) is 2.70. The number of halogens is 1. The molecule has 1 N–H and O–H groups in total. The van der Waals surface area contributed by atoms with E-state index in [-0.39, 0.29) is 0 Å². The average molecular weight is 345 g/mol. The molecule has 1 aliphatic rings. The molecule has 2 aromatic carbocycles. The highest BCUT2D eigenvalue weighted by Crippen LogP contribution is 2.35. The van der Waals surface area contributed by atoms with E-state index in [0.29, 0.717) is 24.8 Å². The van der Waals surface area contributed by atoms with Crippen LogP contribution in [0.15, 0.2) is 36.4 Å². The molecule has 0 radical (unpaired) electrons. The molecule has 1 aliphatic heterocycles. The zero-order valence-corrected chi connectivity index (χ0v) is 14.0. The van der Waals surface area contributed by atoms with Gasteiger partial charge in [-0.2, -0.15) is 0 Å². The van der Waals surface area contributed by atoms with Crippen LogP contribution in [0.3, 0.4) is 0 Å². The third-order valence-corrected chi connectivity index (χ3v) is 4.47. The lowest BCUT2D eigenvalue weighted by molar-refractivity contribution is 0.157. The van der Waals surface area contributed by atoms with Gasteiger partial charge in [0.05, 0.1) is 23.7 Å². The second-order valence-corrected chi connectivity index (χ2v) is 6.26. The van der Waals surface area contributed by atoms with Gasteiger partial charge >= 0.3 is 0 Å². The van der Waals surface area contributed by atoms with Gasteiger partial charge in [-0.15, -0.1) is 0 Å². The van der Waals surface area contributed by atoms with Gasteiger partial charge in [-0.1, -0.05) is 23.7 Å². The summed E-state index contributed by atoms with van der Waals surface area (Å²) in [4.78, 5) is 4.58. The summed E-state index contributed by atoms with van der Waals surface area (Å²) in [5.41, 5.74) is 2.57. The van der Waals surface area contributed by atoms with Gasteiger partial charge in [-0.3, -0.25) is 0 Å². The van der Waals surface area contributed by atoms with Crippen molar-refractivity contribution < 1.29 is 14.6 Å². The van der Waals surface area contributed by atoms with E-state index in [1.54, 1.807) is 12.1 Å². The van der Waals surface area contributed by atoms with E-state index in [0.717, 1.165) is 33.9 Å². The molecule has 4 rings (SSSR count). The Labute approximate surface area is 144 Å². The first-order valence-corrected chi connectivity index (χ1v) is 8.19. The van der Waals surface area contributed by atoms with Crippen LogP contribution in [0.25, 0.3) is 11.0 Å². The van der Waals surface area contributed by atoms with Crippen molar-refractivity contribution >= 4 is 22.6 Å². The summed E-state index contributed by atoms with van der Waals surface area (Å²) in [6, 6.07) is 11.0. The zero-order valence-electron chi connectivity index (χ0n) is 13.2. The van der Waals surface area contributed by atoms with Gasteiger partial charge in [-0.05, 0) is 24.6 Å². The molecule has 124 valence electrons. The van der Waals surface area contributed by atoms with E-state index in [1.807, 2.05) is 35.8 Å². The molecule has 0 saturated heterocycles. The predicted molar refractivity (Wildman–Crippen MR) is 91.9 cm³/mol. The van der Waals surface area contributed by atoms with Crippen LogP contribution in [-0.2, 0) is 6.54 Å². The number of aliphatic hydroxyl groups is 1. The fraction of sp³-hybridized carbons (Fsp3) is 0.278. The van der Waals surface area contributed by atoms with E-state index < -0.39 is 6.10 Å². The van der Waals surface area contributed by atoms with Gasteiger partial charge in [0.2, 0.25) is 0 Å². The van der Waals surface area contributed by atoms with Crippen molar-refractivity contribution in [3.05, 3.63) is 52.8 Å². The maximum Gasteiger partial charge on any atom is 0.163 e. The van der Waals surface area contributed by atoms with Crippen molar-refractivity contribution in [2.75, 3.05) is 13.2 Å². The van der Waals surface area contributed by atoms with Gasteiger partial charge in [-0.25, -0.2) is 4.98 Å². The number of aryl methyl sites for hydroxylation is 1. The highest BCUT2D eigenvalue weighted by molar-refractivity contribution is 6.30. The SMILES string of the molecule is Cc1nc2cc3c(cc2n1CC(O)c1ccc(Cl)cc1)OCCO3. The van der Waals surface area contributed by atoms with E-state index in [4.69, 9.17) is 21.1 Å². The van der Waals surface area contributed by atoms with Gasteiger partial charge in [0.25, 0.3) is 0 Å². The Hall–Kier alpha value is -2.24. The summed E-state index contributed by atoms with van der Waals surface area (Å²) in [6.07, 6.45) is -0.647. The Morgan fingerprint density at radius 2 is 1.83 bits per heavy atom. The normalized spacial score (nSPS) is 14.8. The van der Waals surface area contributed by atoms with Crippen LogP contribution in [-0.4, -0.2) is 27.9 Å². The standard InChI is InChI=1S/C18H17ClN2O3/c1-11-20-14-8-17-18(24-7-6-23-17)9-15(14)21(11)10-16(22)12-2-4-13(19)5-3-12/h2-5,8-9,16,22H,6-7,10H2,1H3. The van der Waals surface area contributed by atoms with E-state index >= 15 is 0 Å². The molecule has 0 fully saturated rings. The molecule has 0 spiro atoms. The van der Waals surface area contributed by atoms with Crippen LogP contribution in [0.4, 0.5) is 0 Å². The highest BCUT2D eigenvalue weighted by atomic mass is 35.5. The van der Waals surface area contributed by atoms with Crippen molar-refractivity contribution in [3.8, 4) is 11.5 Å². The Balaban J connectivity index is 1.70. The molecule has 2 heterocycles. The average Bonchev–Trinajstić information content (AvgIpc) is 2.88. The number of hydrogen-bond acceptors (Lipinski definition) is 4. The fourth-order valence-electron chi connectivity index (χ4n) is 2.98. The monoisotopic (exact) mass is 344 g/mol. The Bertz CT molecular complexity index is 889. The number of aliphatic hydroxyl groups excluding tert-OH is 1. The number of rotatable bonds is 3. The summed E-state index contributed by atoms with van der Waals surface area (Å²) in [7, 11) is 0. The third-order valence-electron chi connectivity index (χ3n) is 4.21. The van der Waals surface area contributed by atoms with Crippen LogP contribution < -0.4 is 9.47 Å². The minimum absolute atomic E-state index is 0.406. The molecule has 0 amide bonds. The Morgan fingerprint density at radius 1 is 1.17 bits per heavy atom. The zero-order chi connectivity index (χ0) is 16.7. The van der Waals surface area contributed by atoms with Gasteiger partial charge in [0.15, 0.2) is 11.5 Å². The fourth-order valence-corrected chi connectivity index (χ4v) is 3.10. The molecular weight excluding hydrogens is 328 g/mol. The number of ether oxygens (including phenoxy) is 2. The van der Waals surface area contributed by atoms with Crippen molar-refractivity contribution in [1.29, 1.82) is 0 Å². The molecule has 1 unspecified atom stereocenters. The number of benzene rings is 2. The molecule has 3 aromatic rings. The topological polar surface area (TPSA) is 56.5 Å². The number of imidazole rings is 1. The van der Waals surface area contributed by atoms with Crippen LogP contribution in [0.2, 0.25) is 5.02 Å². The van der Waals surface area contributed by atoms with E-state index in [9.17, 15) is 5.11 Å². The largest absolute Gasteiger partial charge is 0.486 e. The predicted octanol–water partition coefficient (Wildman–Crippen LogP) is 3.50. The second kappa shape index (κ2) is 6.00. The minimum atomic E-state index is -0.647. The number of nitrogens with zero attached hydrogens (tertiary/aromatic N) is 2. The molecule has 5 nitrogen and oxygen atoms in total.